The number of carbonyl (C=O) groups is 1. The van der Waals surface area contributed by atoms with Crippen molar-refractivity contribution in [1.82, 2.24) is 0 Å². The summed E-state index contributed by atoms with van der Waals surface area (Å²) in [5.41, 5.74) is 1.11. The SMILES string of the molecule is COc1cc(C)ccc1OC(C)CC(C)=O. The Morgan fingerprint density at radius 2 is 2.06 bits per heavy atom. The van der Waals surface area contributed by atoms with E-state index < -0.39 is 0 Å². The number of methoxy groups -OCH3 is 1. The Morgan fingerprint density at radius 1 is 1.38 bits per heavy atom. The first-order valence-electron chi connectivity index (χ1n) is 5.33. The zero-order valence-electron chi connectivity index (χ0n) is 10.2. The Balaban J connectivity index is 2.76. The summed E-state index contributed by atoms with van der Waals surface area (Å²) in [5.74, 6) is 1.51. The standard InChI is InChI=1S/C13H18O3/c1-9-5-6-12(13(7-9)15-4)16-11(3)8-10(2)14/h5-7,11H,8H2,1-4H3. The van der Waals surface area contributed by atoms with Gasteiger partial charge in [0, 0.05) is 6.42 Å². The molecule has 0 aliphatic heterocycles. The maximum Gasteiger partial charge on any atom is 0.161 e. The number of ketones is 1. The van der Waals surface area contributed by atoms with Crippen molar-refractivity contribution in [3.05, 3.63) is 23.8 Å². The average Bonchev–Trinajstić information content (AvgIpc) is 2.19. The normalized spacial score (nSPS) is 12.0. The van der Waals surface area contributed by atoms with Crippen LogP contribution in [0.25, 0.3) is 0 Å². The smallest absolute Gasteiger partial charge is 0.161 e. The van der Waals surface area contributed by atoms with Gasteiger partial charge in [0.05, 0.1) is 7.11 Å². The molecule has 0 aliphatic carbocycles. The van der Waals surface area contributed by atoms with Gasteiger partial charge in [0.1, 0.15) is 11.9 Å². The molecule has 0 spiro atoms. The van der Waals surface area contributed by atoms with Crippen molar-refractivity contribution in [1.29, 1.82) is 0 Å². The number of Topliss-reactive ketones (excluding diaryl/α,β-unsaturated/α-hetero) is 1. The lowest BCUT2D eigenvalue weighted by molar-refractivity contribution is -0.118. The highest BCUT2D eigenvalue weighted by Gasteiger charge is 2.10. The fourth-order valence-electron chi connectivity index (χ4n) is 1.54. The molecule has 0 aliphatic rings. The van der Waals surface area contributed by atoms with E-state index in [4.69, 9.17) is 9.47 Å². The molecule has 0 aromatic heterocycles. The Hall–Kier alpha value is -1.51. The van der Waals surface area contributed by atoms with Crippen LogP contribution < -0.4 is 9.47 Å². The fourth-order valence-corrected chi connectivity index (χ4v) is 1.54. The van der Waals surface area contributed by atoms with Crippen LogP contribution in [0.1, 0.15) is 25.8 Å². The van der Waals surface area contributed by atoms with Gasteiger partial charge in [-0.1, -0.05) is 6.07 Å². The molecule has 1 unspecified atom stereocenters. The highest BCUT2D eigenvalue weighted by Crippen LogP contribution is 2.28. The predicted molar refractivity (Wildman–Crippen MR) is 63.1 cm³/mol. The van der Waals surface area contributed by atoms with Gasteiger partial charge in [0.15, 0.2) is 11.5 Å². The lowest BCUT2D eigenvalue weighted by Crippen LogP contribution is -2.15. The first kappa shape index (κ1) is 12.6. The minimum atomic E-state index is -0.130. The summed E-state index contributed by atoms with van der Waals surface area (Å²) in [7, 11) is 1.61. The number of hydrogen-bond donors (Lipinski definition) is 0. The number of aryl methyl sites for hydroxylation is 1. The molecule has 0 radical (unpaired) electrons. The van der Waals surface area contributed by atoms with E-state index >= 15 is 0 Å². The van der Waals surface area contributed by atoms with E-state index in [0.717, 1.165) is 5.56 Å². The molecule has 1 aromatic carbocycles. The predicted octanol–water partition coefficient (Wildman–Crippen LogP) is 2.75. The van der Waals surface area contributed by atoms with Gasteiger partial charge in [-0.3, -0.25) is 4.79 Å². The molecule has 3 nitrogen and oxygen atoms in total. The van der Waals surface area contributed by atoms with Crippen LogP contribution in [0.5, 0.6) is 11.5 Å². The van der Waals surface area contributed by atoms with Gasteiger partial charge in [-0.25, -0.2) is 0 Å². The topological polar surface area (TPSA) is 35.5 Å². The molecular weight excluding hydrogens is 204 g/mol. The van der Waals surface area contributed by atoms with E-state index in [9.17, 15) is 4.79 Å². The molecule has 0 fully saturated rings. The molecular formula is C13H18O3. The number of hydrogen-bond acceptors (Lipinski definition) is 3. The molecule has 88 valence electrons. The van der Waals surface area contributed by atoms with Crippen LogP contribution >= 0.6 is 0 Å². The van der Waals surface area contributed by atoms with E-state index in [1.54, 1.807) is 14.0 Å². The van der Waals surface area contributed by atoms with Crippen molar-refractivity contribution in [2.45, 2.75) is 33.3 Å². The van der Waals surface area contributed by atoms with E-state index in [1.807, 2.05) is 32.0 Å². The highest BCUT2D eigenvalue weighted by molar-refractivity contribution is 5.75. The molecule has 3 heteroatoms. The third-order valence-electron chi connectivity index (χ3n) is 2.22. The van der Waals surface area contributed by atoms with E-state index in [-0.39, 0.29) is 11.9 Å². The second-order valence-electron chi connectivity index (χ2n) is 3.99. The number of carbonyl (C=O) groups excluding carboxylic acids is 1. The van der Waals surface area contributed by atoms with Crippen molar-refractivity contribution in [3.8, 4) is 11.5 Å². The Labute approximate surface area is 96.4 Å². The number of benzene rings is 1. The van der Waals surface area contributed by atoms with Gasteiger partial charge in [-0.15, -0.1) is 0 Å². The minimum Gasteiger partial charge on any atom is -0.493 e. The van der Waals surface area contributed by atoms with Crippen LogP contribution in [0.4, 0.5) is 0 Å². The summed E-state index contributed by atoms with van der Waals surface area (Å²) in [6, 6.07) is 5.74. The maximum absolute atomic E-state index is 10.9. The first-order valence-corrected chi connectivity index (χ1v) is 5.33. The van der Waals surface area contributed by atoms with Crippen LogP contribution in [0.2, 0.25) is 0 Å². The molecule has 1 atom stereocenters. The second kappa shape index (κ2) is 5.54. The zero-order valence-corrected chi connectivity index (χ0v) is 10.2. The van der Waals surface area contributed by atoms with Gasteiger partial charge in [0.25, 0.3) is 0 Å². The number of ether oxygens (including phenoxy) is 2. The molecule has 16 heavy (non-hydrogen) atoms. The summed E-state index contributed by atoms with van der Waals surface area (Å²) in [6.07, 6.45) is 0.283. The summed E-state index contributed by atoms with van der Waals surface area (Å²) in [6.45, 7) is 5.43. The van der Waals surface area contributed by atoms with Gasteiger partial charge in [-0.2, -0.15) is 0 Å². The van der Waals surface area contributed by atoms with E-state index in [1.165, 1.54) is 0 Å². The van der Waals surface area contributed by atoms with Crippen molar-refractivity contribution >= 4 is 5.78 Å². The summed E-state index contributed by atoms with van der Waals surface area (Å²) >= 11 is 0. The quantitative estimate of drug-likeness (QED) is 0.768. The average molecular weight is 222 g/mol. The minimum absolute atomic E-state index is 0.124. The Bertz CT molecular complexity index is 371. The zero-order chi connectivity index (χ0) is 12.1. The van der Waals surface area contributed by atoms with Gasteiger partial charge >= 0.3 is 0 Å². The third kappa shape index (κ3) is 3.57. The lowest BCUT2D eigenvalue weighted by atomic mass is 10.2. The molecule has 1 aromatic rings. The number of rotatable bonds is 5. The molecule has 0 amide bonds. The van der Waals surface area contributed by atoms with Crippen molar-refractivity contribution < 1.29 is 14.3 Å². The molecule has 0 bridgehead atoms. The molecule has 0 saturated carbocycles. The van der Waals surface area contributed by atoms with Gasteiger partial charge in [-0.05, 0) is 38.5 Å². The molecule has 0 heterocycles. The monoisotopic (exact) mass is 222 g/mol. The van der Waals surface area contributed by atoms with Crippen molar-refractivity contribution in [3.63, 3.8) is 0 Å². The second-order valence-corrected chi connectivity index (χ2v) is 3.99. The Morgan fingerprint density at radius 3 is 2.62 bits per heavy atom. The van der Waals surface area contributed by atoms with Gasteiger partial charge < -0.3 is 9.47 Å². The van der Waals surface area contributed by atoms with Crippen LogP contribution in [-0.4, -0.2) is 19.0 Å². The van der Waals surface area contributed by atoms with Crippen molar-refractivity contribution in [2.75, 3.05) is 7.11 Å². The summed E-state index contributed by atoms with van der Waals surface area (Å²) in [4.78, 5) is 10.9. The van der Waals surface area contributed by atoms with Crippen LogP contribution in [0.3, 0.4) is 0 Å². The van der Waals surface area contributed by atoms with Crippen LogP contribution in [0, 0.1) is 6.92 Å². The molecule has 1 rings (SSSR count). The first-order chi connectivity index (χ1) is 7.52. The largest absolute Gasteiger partial charge is 0.493 e. The maximum atomic E-state index is 10.9. The fraction of sp³-hybridized carbons (Fsp3) is 0.462. The molecule has 0 saturated heterocycles. The summed E-state index contributed by atoms with van der Waals surface area (Å²) in [5, 5.41) is 0. The Kier molecular flexibility index (Phi) is 4.35. The lowest BCUT2D eigenvalue weighted by Gasteiger charge is -2.16. The van der Waals surface area contributed by atoms with E-state index in [2.05, 4.69) is 0 Å². The van der Waals surface area contributed by atoms with Crippen LogP contribution in [0.15, 0.2) is 18.2 Å². The van der Waals surface area contributed by atoms with E-state index in [0.29, 0.717) is 17.9 Å². The van der Waals surface area contributed by atoms with Gasteiger partial charge in [0.2, 0.25) is 0 Å². The highest BCUT2D eigenvalue weighted by atomic mass is 16.5. The summed E-state index contributed by atoms with van der Waals surface area (Å²) < 4.78 is 10.9. The third-order valence-corrected chi connectivity index (χ3v) is 2.22. The molecule has 0 N–H and O–H groups in total. The van der Waals surface area contributed by atoms with Crippen LogP contribution in [-0.2, 0) is 4.79 Å². The van der Waals surface area contributed by atoms with Crippen molar-refractivity contribution in [2.24, 2.45) is 0 Å².